The van der Waals surface area contributed by atoms with Gasteiger partial charge < -0.3 is 10.5 Å². The molecule has 0 fully saturated rings. The lowest BCUT2D eigenvalue weighted by molar-refractivity contribution is 0.242. The lowest BCUT2D eigenvalue weighted by Gasteiger charge is -2.15. The molecular weight excluding hydrogens is 260 g/mol. The summed E-state index contributed by atoms with van der Waals surface area (Å²) in [4.78, 5) is 0. The summed E-state index contributed by atoms with van der Waals surface area (Å²) in [6.07, 6.45) is 0.0599. The van der Waals surface area contributed by atoms with E-state index in [1.807, 2.05) is 38.1 Å². The van der Waals surface area contributed by atoms with Crippen LogP contribution in [-0.4, -0.2) is 6.10 Å². The molecule has 1 unspecified atom stereocenters. The summed E-state index contributed by atoms with van der Waals surface area (Å²) < 4.78 is 31.8. The van der Waals surface area contributed by atoms with Gasteiger partial charge in [-0.3, -0.25) is 0 Å². The Balaban J connectivity index is 2.28. The molecule has 0 radical (unpaired) electrons. The third kappa shape index (κ3) is 3.33. The zero-order valence-corrected chi connectivity index (χ0v) is 11.4. The van der Waals surface area contributed by atoms with Gasteiger partial charge in [0.25, 0.3) is 0 Å². The fraction of sp³-hybridized carbons (Fsp3) is 0.250. The maximum Gasteiger partial charge on any atom is 0.159 e. The molecule has 0 bridgehead atoms. The normalized spacial score (nSPS) is 12.5. The summed E-state index contributed by atoms with van der Waals surface area (Å²) >= 11 is 0. The van der Waals surface area contributed by atoms with E-state index in [4.69, 9.17) is 10.5 Å². The number of rotatable bonds is 4. The van der Waals surface area contributed by atoms with Gasteiger partial charge in [-0.05, 0) is 49.2 Å². The number of ether oxygens (including phenoxy) is 1. The molecule has 2 aromatic rings. The third-order valence-corrected chi connectivity index (χ3v) is 2.89. The van der Waals surface area contributed by atoms with E-state index < -0.39 is 17.7 Å². The molecule has 0 saturated heterocycles. The second-order valence-corrected chi connectivity index (χ2v) is 4.89. The Labute approximate surface area is 117 Å². The lowest BCUT2D eigenvalue weighted by Crippen LogP contribution is -2.13. The predicted octanol–water partition coefficient (Wildman–Crippen LogP) is 3.80. The molecule has 2 aromatic carbocycles. The van der Waals surface area contributed by atoms with Crippen molar-refractivity contribution in [1.82, 2.24) is 0 Å². The first-order valence-electron chi connectivity index (χ1n) is 6.44. The Morgan fingerprint density at radius 1 is 0.950 bits per heavy atom. The molecule has 0 amide bonds. The maximum atomic E-state index is 13.3. The molecule has 0 aliphatic carbocycles. The molecule has 0 aromatic heterocycles. The average Bonchev–Trinajstić information content (AvgIpc) is 2.40. The van der Waals surface area contributed by atoms with Gasteiger partial charge >= 0.3 is 0 Å². The molecule has 20 heavy (non-hydrogen) atoms. The number of nitrogens with two attached hydrogens (primary N) is 1. The van der Waals surface area contributed by atoms with Crippen molar-refractivity contribution >= 4 is 0 Å². The van der Waals surface area contributed by atoms with E-state index in [0.717, 1.165) is 17.7 Å². The van der Waals surface area contributed by atoms with Gasteiger partial charge in [0, 0.05) is 0 Å². The number of hydrogen-bond donors (Lipinski definition) is 1. The quantitative estimate of drug-likeness (QED) is 0.922. The molecule has 0 saturated carbocycles. The van der Waals surface area contributed by atoms with E-state index in [9.17, 15) is 8.78 Å². The topological polar surface area (TPSA) is 35.2 Å². The highest BCUT2D eigenvalue weighted by atomic mass is 19.2. The smallest absolute Gasteiger partial charge is 0.159 e. The molecule has 4 heteroatoms. The molecule has 2 N–H and O–H groups in total. The van der Waals surface area contributed by atoms with Gasteiger partial charge in [-0.2, -0.15) is 0 Å². The summed E-state index contributed by atoms with van der Waals surface area (Å²) in [6.45, 7) is 3.86. The minimum Gasteiger partial charge on any atom is -0.491 e. The number of hydrogen-bond acceptors (Lipinski definition) is 2. The van der Waals surface area contributed by atoms with Crippen molar-refractivity contribution in [2.45, 2.75) is 26.0 Å². The number of halogens is 2. The average molecular weight is 277 g/mol. The molecule has 2 rings (SSSR count). The van der Waals surface area contributed by atoms with Crippen molar-refractivity contribution in [3.8, 4) is 5.75 Å². The van der Waals surface area contributed by atoms with Crippen LogP contribution in [0.4, 0.5) is 8.78 Å². The third-order valence-electron chi connectivity index (χ3n) is 2.89. The highest BCUT2D eigenvalue weighted by Crippen LogP contribution is 2.24. The van der Waals surface area contributed by atoms with Crippen molar-refractivity contribution in [3.05, 3.63) is 65.2 Å². The van der Waals surface area contributed by atoms with Crippen molar-refractivity contribution in [3.63, 3.8) is 0 Å². The van der Waals surface area contributed by atoms with E-state index in [1.165, 1.54) is 6.07 Å². The van der Waals surface area contributed by atoms with Crippen LogP contribution in [0.5, 0.6) is 5.75 Å². The van der Waals surface area contributed by atoms with Crippen LogP contribution in [0.3, 0.4) is 0 Å². The van der Waals surface area contributed by atoms with Crippen LogP contribution in [0, 0.1) is 11.6 Å². The van der Waals surface area contributed by atoms with Crippen molar-refractivity contribution in [2.24, 2.45) is 5.73 Å². The van der Waals surface area contributed by atoms with Gasteiger partial charge in [-0.25, -0.2) is 8.78 Å². The van der Waals surface area contributed by atoms with Gasteiger partial charge in [0.05, 0.1) is 12.1 Å². The van der Waals surface area contributed by atoms with Crippen LogP contribution in [0.25, 0.3) is 0 Å². The second-order valence-electron chi connectivity index (χ2n) is 4.89. The first-order chi connectivity index (χ1) is 9.47. The van der Waals surface area contributed by atoms with Gasteiger partial charge in [-0.15, -0.1) is 0 Å². The Bertz CT molecular complexity index is 599. The van der Waals surface area contributed by atoms with Gasteiger partial charge in [0.1, 0.15) is 5.75 Å². The van der Waals surface area contributed by atoms with E-state index in [2.05, 4.69) is 0 Å². The standard InChI is InChI=1S/C16H17F2NO/c1-10(2)20-13-5-3-4-11(8-13)16(19)12-6-7-14(17)15(18)9-12/h3-10,16H,19H2,1-2H3. The molecule has 2 nitrogen and oxygen atoms in total. The van der Waals surface area contributed by atoms with Crippen LogP contribution >= 0.6 is 0 Å². The Hall–Kier alpha value is -1.94. The van der Waals surface area contributed by atoms with E-state index in [1.54, 1.807) is 0 Å². The zero-order chi connectivity index (χ0) is 14.7. The summed E-state index contributed by atoms with van der Waals surface area (Å²) in [7, 11) is 0. The fourth-order valence-corrected chi connectivity index (χ4v) is 1.95. The Morgan fingerprint density at radius 2 is 1.65 bits per heavy atom. The predicted molar refractivity (Wildman–Crippen MR) is 74.6 cm³/mol. The van der Waals surface area contributed by atoms with Crippen LogP contribution in [0.2, 0.25) is 0 Å². The van der Waals surface area contributed by atoms with Gasteiger partial charge in [-0.1, -0.05) is 18.2 Å². The minimum atomic E-state index is -0.896. The number of benzene rings is 2. The summed E-state index contributed by atoms with van der Waals surface area (Å²) in [5.41, 5.74) is 7.40. The first kappa shape index (κ1) is 14.5. The summed E-state index contributed by atoms with van der Waals surface area (Å²) in [5, 5.41) is 0. The Morgan fingerprint density at radius 3 is 2.30 bits per heavy atom. The second kappa shape index (κ2) is 6.01. The van der Waals surface area contributed by atoms with Crippen molar-refractivity contribution in [1.29, 1.82) is 0 Å². The van der Waals surface area contributed by atoms with Crippen LogP contribution in [0.1, 0.15) is 31.0 Å². The molecule has 106 valence electrons. The minimum absolute atomic E-state index is 0.0599. The monoisotopic (exact) mass is 277 g/mol. The highest BCUT2D eigenvalue weighted by molar-refractivity contribution is 5.36. The highest BCUT2D eigenvalue weighted by Gasteiger charge is 2.12. The zero-order valence-electron chi connectivity index (χ0n) is 11.4. The van der Waals surface area contributed by atoms with Crippen LogP contribution in [0.15, 0.2) is 42.5 Å². The Kier molecular flexibility index (Phi) is 4.35. The summed E-state index contributed by atoms with van der Waals surface area (Å²) in [6, 6.07) is 10.5. The van der Waals surface area contributed by atoms with Crippen molar-refractivity contribution < 1.29 is 13.5 Å². The van der Waals surface area contributed by atoms with Gasteiger partial charge in [0.15, 0.2) is 11.6 Å². The van der Waals surface area contributed by atoms with E-state index in [0.29, 0.717) is 11.3 Å². The SMILES string of the molecule is CC(C)Oc1cccc(C(N)c2ccc(F)c(F)c2)c1. The van der Waals surface area contributed by atoms with Crippen LogP contribution < -0.4 is 10.5 Å². The molecule has 0 spiro atoms. The molecule has 0 aliphatic heterocycles. The fourth-order valence-electron chi connectivity index (χ4n) is 1.95. The lowest BCUT2D eigenvalue weighted by atomic mass is 9.99. The van der Waals surface area contributed by atoms with E-state index in [-0.39, 0.29) is 6.10 Å². The molecule has 0 heterocycles. The maximum absolute atomic E-state index is 13.3. The molecule has 1 atom stereocenters. The van der Waals surface area contributed by atoms with E-state index >= 15 is 0 Å². The molecule has 0 aliphatic rings. The van der Waals surface area contributed by atoms with Crippen LogP contribution in [-0.2, 0) is 0 Å². The first-order valence-corrected chi connectivity index (χ1v) is 6.44. The largest absolute Gasteiger partial charge is 0.491 e. The molecular formula is C16H17F2NO. The van der Waals surface area contributed by atoms with Gasteiger partial charge in [0.2, 0.25) is 0 Å². The summed E-state index contributed by atoms with van der Waals surface area (Å²) in [5.74, 6) is -1.07. The van der Waals surface area contributed by atoms with Crippen molar-refractivity contribution in [2.75, 3.05) is 0 Å².